The summed E-state index contributed by atoms with van der Waals surface area (Å²) in [5, 5.41) is 2.25. The Hall–Kier alpha value is -3.92. The van der Waals surface area contributed by atoms with E-state index in [2.05, 4.69) is 95.8 Å². The lowest BCUT2D eigenvalue weighted by molar-refractivity contribution is 0.478. The number of hydrogen-bond acceptors (Lipinski definition) is 4. The third-order valence-corrected chi connectivity index (χ3v) is 7.35. The minimum atomic E-state index is 0.0611. The minimum Gasteiger partial charge on any atom is -0.453 e. The summed E-state index contributed by atoms with van der Waals surface area (Å²) in [6.45, 7) is 15.5. The average molecular weight is 474 g/mol. The van der Waals surface area contributed by atoms with E-state index in [0.29, 0.717) is 0 Å². The second-order valence-electron chi connectivity index (χ2n) is 11.0. The third kappa shape index (κ3) is 3.28. The van der Waals surface area contributed by atoms with E-state index in [1.54, 1.807) is 0 Å². The lowest BCUT2D eigenvalue weighted by Gasteiger charge is -2.36. The van der Waals surface area contributed by atoms with E-state index in [-0.39, 0.29) is 5.41 Å². The number of ether oxygens (including phenoxy) is 1. The number of rotatable bonds is 1. The van der Waals surface area contributed by atoms with Gasteiger partial charge in [-0.05, 0) is 91.3 Å². The molecule has 4 nitrogen and oxygen atoms in total. The van der Waals surface area contributed by atoms with Crippen molar-refractivity contribution in [2.45, 2.75) is 53.9 Å². The highest BCUT2D eigenvalue weighted by Crippen LogP contribution is 2.56. The normalized spacial score (nSPS) is 13.0. The van der Waals surface area contributed by atoms with Crippen molar-refractivity contribution in [3.05, 3.63) is 88.7 Å². The van der Waals surface area contributed by atoms with Gasteiger partial charge in [0.1, 0.15) is 11.4 Å². The fourth-order valence-corrected chi connectivity index (χ4v) is 5.48. The van der Waals surface area contributed by atoms with Crippen LogP contribution in [-0.2, 0) is 5.41 Å². The van der Waals surface area contributed by atoms with Gasteiger partial charge in [-0.3, -0.25) is 14.9 Å². The topological polar surface area (TPSA) is 38.2 Å². The van der Waals surface area contributed by atoms with Crippen LogP contribution < -0.4 is 9.64 Å². The smallest absolute Gasteiger partial charge is 0.154 e. The van der Waals surface area contributed by atoms with Crippen LogP contribution in [0.3, 0.4) is 0 Å². The van der Waals surface area contributed by atoms with Crippen LogP contribution in [0.25, 0.3) is 21.8 Å². The molecule has 0 bridgehead atoms. The molecular formula is C32H31N3O. The molecular weight excluding hydrogens is 442 g/mol. The predicted molar refractivity (Wildman–Crippen MR) is 149 cm³/mol. The summed E-state index contributed by atoms with van der Waals surface area (Å²) in [5.41, 5.74) is 11.1. The second kappa shape index (κ2) is 7.79. The summed E-state index contributed by atoms with van der Waals surface area (Å²) in [6.07, 6.45) is 3.75. The molecule has 1 aliphatic heterocycles. The molecule has 0 saturated heterocycles. The van der Waals surface area contributed by atoms with Crippen LogP contribution >= 0.6 is 0 Å². The molecule has 4 heteroatoms. The van der Waals surface area contributed by atoms with Crippen LogP contribution in [0.5, 0.6) is 11.5 Å². The van der Waals surface area contributed by atoms with Crippen molar-refractivity contribution in [2.75, 3.05) is 4.90 Å². The Morgan fingerprint density at radius 3 is 1.97 bits per heavy atom. The predicted octanol–water partition coefficient (Wildman–Crippen LogP) is 8.89. The van der Waals surface area contributed by atoms with Crippen molar-refractivity contribution in [1.29, 1.82) is 0 Å². The number of benzene rings is 3. The maximum absolute atomic E-state index is 6.60. The molecule has 0 aliphatic carbocycles. The Morgan fingerprint density at radius 1 is 0.639 bits per heavy atom. The Kier molecular flexibility index (Phi) is 4.88. The van der Waals surface area contributed by atoms with Gasteiger partial charge in [0, 0.05) is 23.2 Å². The highest BCUT2D eigenvalue weighted by atomic mass is 16.5. The van der Waals surface area contributed by atoms with Crippen molar-refractivity contribution in [1.82, 2.24) is 9.97 Å². The summed E-state index contributed by atoms with van der Waals surface area (Å²) in [5.74, 6) is 1.62. The first-order valence-electron chi connectivity index (χ1n) is 12.5. The molecule has 0 atom stereocenters. The Bertz CT molecular complexity index is 1650. The van der Waals surface area contributed by atoms with E-state index >= 15 is 0 Å². The first kappa shape index (κ1) is 22.5. The molecule has 3 heterocycles. The highest BCUT2D eigenvalue weighted by molar-refractivity contribution is 6.09. The summed E-state index contributed by atoms with van der Waals surface area (Å²) >= 11 is 0. The molecule has 5 aromatic rings. The van der Waals surface area contributed by atoms with E-state index in [1.807, 2.05) is 18.5 Å². The van der Waals surface area contributed by atoms with Gasteiger partial charge in [0.25, 0.3) is 0 Å². The molecule has 3 aromatic carbocycles. The van der Waals surface area contributed by atoms with E-state index in [4.69, 9.17) is 14.7 Å². The summed E-state index contributed by atoms with van der Waals surface area (Å²) in [7, 11) is 0. The second-order valence-corrected chi connectivity index (χ2v) is 11.0. The van der Waals surface area contributed by atoms with Crippen LogP contribution in [0, 0.1) is 27.7 Å². The van der Waals surface area contributed by atoms with Gasteiger partial charge in [0.15, 0.2) is 11.5 Å². The van der Waals surface area contributed by atoms with Crippen LogP contribution in [0.4, 0.5) is 17.1 Å². The van der Waals surface area contributed by atoms with Gasteiger partial charge in [-0.25, -0.2) is 0 Å². The molecule has 0 unspecified atom stereocenters. The molecule has 180 valence electrons. The van der Waals surface area contributed by atoms with Crippen molar-refractivity contribution in [2.24, 2.45) is 0 Å². The Balaban J connectivity index is 1.77. The number of aromatic nitrogens is 2. The van der Waals surface area contributed by atoms with E-state index < -0.39 is 0 Å². The Morgan fingerprint density at radius 2 is 1.28 bits per heavy atom. The molecule has 6 rings (SSSR count). The lowest BCUT2D eigenvalue weighted by Crippen LogP contribution is -2.20. The maximum Gasteiger partial charge on any atom is 0.154 e. The molecule has 36 heavy (non-hydrogen) atoms. The van der Waals surface area contributed by atoms with Gasteiger partial charge in [-0.2, -0.15) is 0 Å². The van der Waals surface area contributed by atoms with Gasteiger partial charge in [0.05, 0.1) is 16.7 Å². The molecule has 1 aliphatic rings. The molecule has 0 amide bonds. The molecule has 2 aromatic heterocycles. The van der Waals surface area contributed by atoms with E-state index in [9.17, 15) is 0 Å². The van der Waals surface area contributed by atoms with Crippen LogP contribution in [0.2, 0.25) is 0 Å². The number of fused-ring (bicyclic) bond motifs is 6. The third-order valence-electron chi connectivity index (χ3n) is 7.35. The van der Waals surface area contributed by atoms with Gasteiger partial charge in [-0.15, -0.1) is 0 Å². The number of anilines is 3. The zero-order valence-electron chi connectivity index (χ0n) is 22.0. The summed E-state index contributed by atoms with van der Waals surface area (Å²) in [4.78, 5) is 12.1. The lowest BCUT2D eigenvalue weighted by atomic mass is 9.84. The molecule has 0 saturated carbocycles. The van der Waals surface area contributed by atoms with Crippen LogP contribution in [0.1, 0.15) is 48.6 Å². The first-order chi connectivity index (χ1) is 17.1. The van der Waals surface area contributed by atoms with Gasteiger partial charge in [-0.1, -0.05) is 39.0 Å². The quantitative estimate of drug-likeness (QED) is 0.239. The fraction of sp³-hybridized carbons (Fsp3) is 0.250. The largest absolute Gasteiger partial charge is 0.453 e. The Labute approximate surface area is 212 Å². The zero-order chi connectivity index (χ0) is 25.4. The SMILES string of the molecule is Cc1cc(C(C)(C)C)cc(C)c1N1c2c(ccc3c(C)ccnc23)Oc2cc(C)c3cccnc3c21. The van der Waals surface area contributed by atoms with Crippen molar-refractivity contribution in [3.63, 3.8) is 0 Å². The molecule has 0 radical (unpaired) electrons. The van der Waals surface area contributed by atoms with Crippen LogP contribution in [0.15, 0.2) is 60.9 Å². The molecule has 0 N–H and O–H groups in total. The average Bonchev–Trinajstić information content (AvgIpc) is 2.82. The number of pyridine rings is 2. The standard InChI is InChI=1S/C32H31N3O/c1-18-12-14-34-28-24(18)10-11-25-30(28)35(29-20(3)15-22(16-21(29)4)32(5,6)7)31-26(36-25)17-19(2)23-9-8-13-33-27(23)31/h8-17H,1-7H3. The van der Waals surface area contributed by atoms with Crippen molar-refractivity contribution < 1.29 is 4.74 Å². The van der Waals surface area contributed by atoms with Crippen LogP contribution in [-0.4, -0.2) is 9.97 Å². The van der Waals surface area contributed by atoms with Crippen molar-refractivity contribution >= 4 is 38.9 Å². The summed E-state index contributed by atoms with van der Waals surface area (Å²) < 4.78 is 6.60. The molecule has 0 spiro atoms. The molecule has 0 fully saturated rings. The maximum atomic E-state index is 6.60. The van der Waals surface area contributed by atoms with Crippen molar-refractivity contribution in [3.8, 4) is 11.5 Å². The number of aryl methyl sites for hydroxylation is 4. The fourth-order valence-electron chi connectivity index (χ4n) is 5.48. The van der Waals surface area contributed by atoms with E-state index in [1.165, 1.54) is 22.3 Å². The zero-order valence-corrected chi connectivity index (χ0v) is 22.0. The highest BCUT2D eigenvalue weighted by Gasteiger charge is 2.33. The van der Waals surface area contributed by atoms with Gasteiger partial charge in [0.2, 0.25) is 0 Å². The van der Waals surface area contributed by atoms with E-state index in [0.717, 1.165) is 55.9 Å². The number of nitrogens with zero attached hydrogens (tertiary/aromatic N) is 3. The number of hydrogen-bond donors (Lipinski definition) is 0. The first-order valence-corrected chi connectivity index (χ1v) is 12.5. The summed E-state index contributed by atoms with van der Waals surface area (Å²) in [6, 6.07) is 17.2. The van der Waals surface area contributed by atoms with Gasteiger partial charge < -0.3 is 4.74 Å². The van der Waals surface area contributed by atoms with Gasteiger partial charge >= 0.3 is 0 Å². The monoisotopic (exact) mass is 473 g/mol. The minimum absolute atomic E-state index is 0.0611.